The highest BCUT2D eigenvalue weighted by molar-refractivity contribution is 5.88. The van der Waals surface area contributed by atoms with Crippen LogP contribution in [0.15, 0.2) is 24.3 Å². The first kappa shape index (κ1) is 13.9. The Hall–Kier alpha value is -2.57. The van der Waals surface area contributed by atoms with Crippen LogP contribution < -0.4 is 10.2 Å². The number of carbonyl (C=O) groups is 1. The maximum atomic E-state index is 11.6. The molecule has 0 aliphatic carbocycles. The summed E-state index contributed by atoms with van der Waals surface area (Å²) in [6, 6.07) is 7.32. The van der Waals surface area contributed by atoms with Crippen molar-refractivity contribution < 1.29 is 14.3 Å². The van der Waals surface area contributed by atoms with Gasteiger partial charge >= 0.3 is 5.97 Å². The fraction of sp³-hybridized carbons (Fsp3) is 0.308. The van der Waals surface area contributed by atoms with E-state index in [9.17, 15) is 4.79 Å². The third kappa shape index (κ3) is 2.87. The maximum Gasteiger partial charge on any atom is 0.360 e. The fourth-order valence-electron chi connectivity index (χ4n) is 1.61. The monoisotopic (exact) mass is 276 g/mol. The van der Waals surface area contributed by atoms with Gasteiger partial charge in [0.15, 0.2) is 5.69 Å². The highest BCUT2D eigenvalue weighted by Gasteiger charge is 2.17. The van der Waals surface area contributed by atoms with Gasteiger partial charge in [-0.2, -0.15) is 4.79 Å². The smallest absolute Gasteiger partial charge is 0.360 e. The molecule has 2 rings (SSSR count). The Bertz CT molecular complexity index is 592. The molecule has 0 saturated heterocycles. The van der Waals surface area contributed by atoms with E-state index in [4.69, 9.17) is 9.47 Å². The molecule has 1 N–H and O–H groups in total. The van der Waals surface area contributed by atoms with Gasteiger partial charge in [0.25, 0.3) is 0 Å². The number of ether oxygens (including phenoxy) is 2. The predicted molar refractivity (Wildman–Crippen MR) is 72.7 cm³/mol. The van der Waals surface area contributed by atoms with Gasteiger partial charge in [0.2, 0.25) is 0 Å². The second-order valence-corrected chi connectivity index (χ2v) is 4.00. The summed E-state index contributed by atoms with van der Waals surface area (Å²) in [5, 5.41) is 7.70. The van der Waals surface area contributed by atoms with Crippen LogP contribution in [0.25, 0.3) is 0 Å². The molecule has 2 aromatic rings. The van der Waals surface area contributed by atoms with Crippen molar-refractivity contribution in [3.63, 3.8) is 0 Å². The Balaban J connectivity index is 2.15. The van der Waals surface area contributed by atoms with Gasteiger partial charge in [-0.25, -0.2) is 4.79 Å². The molecule has 0 unspecified atom stereocenters. The van der Waals surface area contributed by atoms with Crippen LogP contribution in [-0.2, 0) is 4.74 Å². The van der Waals surface area contributed by atoms with E-state index in [0.717, 1.165) is 11.4 Å². The van der Waals surface area contributed by atoms with E-state index in [-0.39, 0.29) is 5.69 Å². The second kappa shape index (κ2) is 6.05. The zero-order valence-corrected chi connectivity index (χ0v) is 11.6. The van der Waals surface area contributed by atoms with Crippen LogP contribution in [-0.4, -0.2) is 34.8 Å². The molecule has 0 spiro atoms. The lowest BCUT2D eigenvalue weighted by Gasteiger charge is -2.08. The lowest BCUT2D eigenvalue weighted by molar-refractivity contribution is 0.0518. The van der Waals surface area contributed by atoms with Crippen LogP contribution in [0.2, 0.25) is 0 Å². The van der Waals surface area contributed by atoms with Crippen LogP contribution in [0.4, 0.5) is 5.69 Å². The normalized spacial score (nSPS) is 10.2. The van der Waals surface area contributed by atoms with Crippen LogP contribution in [0, 0.1) is 6.92 Å². The van der Waals surface area contributed by atoms with Gasteiger partial charge in [0, 0.05) is 0 Å². The summed E-state index contributed by atoms with van der Waals surface area (Å²) >= 11 is 0. The molecule has 0 bridgehead atoms. The number of nitrogens with one attached hydrogen (secondary N) is 1. The molecule has 0 aliphatic heterocycles. The molecule has 20 heavy (non-hydrogen) atoms. The molecule has 0 fully saturated rings. The molecular formula is C13H16N4O3. The van der Waals surface area contributed by atoms with Crippen molar-refractivity contribution in [3.8, 4) is 5.75 Å². The van der Waals surface area contributed by atoms with E-state index in [0.29, 0.717) is 12.3 Å². The number of hydrogen-bond donors (Lipinski definition) is 1. The minimum absolute atomic E-state index is 0.202. The van der Waals surface area contributed by atoms with Gasteiger partial charge in [-0.3, -0.25) is 5.43 Å². The molecule has 0 saturated carbocycles. The molecule has 1 aromatic carbocycles. The van der Waals surface area contributed by atoms with E-state index in [1.54, 1.807) is 21.0 Å². The van der Waals surface area contributed by atoms with Crippen LogP contribution in [0.5, 0.6) is 5.75 Å². The van der Waals surface area contributed by atoms with Gasteiger partial charge in [-0.1, -0.05) is 0 Å². The average Bonchev–Trinajstić information content (AvgIpc) is 2.81. The Morgan fingerprint density at radius 1 is 1.35 bits per heavy atom. The number of anilines is 1. The Morgan fingerprint density at radius 2 is 2.05 bits per heavy atom. The largest absolute Gasteiger partial charge is 0.497 e. The van der Waals surface area contributed by atoms with Crippen molar-refractivity contribution in [2.75, 3.05) is 19.1 Å². The Kier molecular flexibility index (Phi) is 4.19. The maximum absolute atomic E-state index is 11.6. The first-order valence-corrected chi connectivity index (χ1v) is 6.16. The minimum Gasteiger partial charge on any atom is -0.497 e. The first-order chi connectivity index (χ1) is 9.65. The molecule has 0 amide bonds. The number of nitrogens with zero attached hydrogens (tertiary/aromatic N) is 3. The number of methoxy groups -OCH3 is 1. The van der Waals surface area contributed by atoms with Gasteiger partial charge < -0.3 is 9.47 Å². The molecule has 0 aliphatic rings. The van der Waals surface area contributed by atoms with Crippen molar-refractivity contribution in [1.29, 1.82) is 0 Å². The lowest BCUT2D eigenvalue weighted by atomic mass is 10.3. The van der Waals surface area contributed by atoms with E-state index >= 15 is 0 Å². The third-order valence-electron chi connectivity index (χ3n) is 2.69. The van der Waals surface area contributed by atoms with Crippen molar-refractivity contribution >= 4 is 11.7 Å². The van der Waals surface area contributed by atoms with Gasteiger partial charge in [-0.15, -0.1) is 5.10 Å². The molecule has 0 radical (unpaired) electrons. The number of carbonyl (C=O) groups excluding carboxylic acids is 1. The summed E-state index contributed by atoms with van der Waals surface area (Å²) in [4.78, 5) is 13.1. The molecule has 1 heterocycles. The summed E-state index contributed by atoms with van der Waals surface area (Å²) < 4.78 is 9.99. The van der Waals surface area contributed by atoms with E-state index in [1.165, 1.54) is 4.79 Å². The number of benzene rings is 1. The van der Waals surface area contributed by atoms with Gasteiger partial charge in [-0.05, 0) is 43.3 Å². The number of aromatic nitrogens is 3. The van der Waals surface area contributed by atoms with E-state index in [1.807, 2.05) is 24.3 Å². The zero-order valence-electron chi connectivity index (χ0n) is 11.6. The summed E-state index contributed by atoms with van der Waals surface area (Å²) in [6.07, 6.45) is 0. The average molecular weight is 276 g/mol. The lowest BCUT2D eigenvalue weighted by Crippen LogP contribution is -2.14. The number of hydrogen-bond acceptors (Lipinski definition) is 6. The van der Waals surface area contributed by atoms with Crippen LogP contribution in [0.3, 0.4) is 0 Å². The summed E-state index contributed by atoms with van der Waals surface area (Å²) in [7, 11) is 1.61. The standard InChI is InChI=1S/C13H16N4O3/c1-4-20-13(18)12-9(2)17(16-14-12)15-10-5-7-11(19-3)8-6-10/h5-8,15H,4H2,1-3H3. The molecule has 1 aromatic heterocycles. The van der Waals surface area contributed by atoms with E-state index in [2.05, 4.69) is 15.7 Å². The SMILES string of the molecule is CCOC(=O)c1nnn(Nc2ccc(OC)cc2)c1C. The third-order valence-corrected chi connectivity index (χ3v) is 2.69. The van der Waals surface area contributed by atoms with Crippen molar-refractivity contribution in [2.24, 2.45) is 0 Å². The predicted octanol–water partition coefficient (Wildman–Crippen LogP) is 1.65. The first-order valence-electron chi connectivity index (χ1n) is 6.16. The summed E-state index contributed by atoms with van der Waals surface area (Å²) in [5.41, 5.74) is 4.61. The zero-order chi connectivity index (χ0) is 14.5. The Morgan fingerprint density at radius 3 is 2.65 bits per heavy atom. The quantitative estimate of drug-likeness (QED) is 0.836. The van der Waals surface area contributed by atoms with Crippen LogP contribution in [0.1, 0.15) is 23.1 Å². The topological polar surface area (TPSA) is 78.3 Å². The highest BCUT2D eigenvalue weighted by atomic mass is 16.5. The molecular weight excluding hydrogens is 260 g/mol. The summed E-state index contributed by atoms with van der Waals surface area (Å²) in [6.45, 7) is 3.78. The number of esters is 1. The van der Waals surface area contributed by atoms with E-state index < -0.39 is 5.97 Å². The second-order valence-electron chi connectivity index (χ2n) is 4.00. The highest BCUT2D eigenvalue weighted by Crippen LogP contribution is 2.15. The molecule has 7 heteroatoms. The fourth-order valence-corrected chi connectivity index (χ4v) is 1.61. The van der Waals surface area contributed by atoms with Gasteiger partial charge in [0.1, 0.15) is 5.75 Å². The Labute approximate surface area is 116 Å². The molecule has 7 nitrogen and oxygen atoms in total. The molecule has 106 valence electrons. The number of rotatable bonds is 5. The molecule has 0 atom stereocenters. The van der Waals surface area contributed by atoms with Crippen LogP contribution >= 0.6 is 0 Å². The van der Waals surface area contributed by atoms with Crippen molar-refractivity contribution in [1.82, 2.24) is 15.1 Å². The minimum atomic E-state index is -0.479. The van der Waals surface area contributed by atoms with Crippen molar-refractivity contribution in [3.05, 3.63) is 35.7 Å². The van der Waals surface area contributed by atoms with Crippen molar-refractivity contribution in [2.45, 2.75) is 13.8 Å². The van der Waals surface area contributed by atoms with Gasteiger partial charge in [0.05, 0.1) is 25.1 Å². The summed E-state index contributed by atoms with van der Waals surface area (Å²) in [5.74, 6) is 0.283.